The molecule has 0 saturated carbocycles. The summed E-state index contributed by atoms with van der Waals surface area (Å²) in [4.78, 5) is 35.3. The highest BCUT2D eigenvalue weighted by Gasteiger charge is 2.18. The van der Waals surface area contributed by atoms with Gasteiger partial charge in [0.25, 0.3) is 5.69 Å². The molecule has 9 heteroatoms. The fourth-order valence-corrected chi connectivity index (χ4v) is 2.33. The SMILES string of the molecule is O=C(NCC(=O)N1CCCC1)Nc1ccc(Cl)c([N+](=O)[O-])c1. The minimum Gasteiger partial charge on any atom is -0.341 e. The summed E-state index contributed by atoms with van der Waals surface area (Å²) in [5.41, 5.74) is -0.0742. The Morgan fingerprint density at radius 2 is 2.00 bits per heavy atom. The van der Waals surface area contributed by atoms with Crippen LogP contribution in [0.2, 0.25) is 5.02 Å². The number of benzene rings is 1. The van der Waals surface area contributed by atoms with E-state index >= 15 is 0 Å². The second-order valence-electron chi connectivity index (χ2n) is 4.82. The van der Waals surface area contributed by atoms with Crippen molar-refractivity contribution >= 4 is 34.9 Å². The Labute approximate surface area is 131 Å². The summed E-state index contributed by atoms with van der Waals surface area (Å²) in [5, 5.41) is 15.6. The highest BCUT2D eigenvalue weighted by atomic mass is 35.5. The number of hydrogen-bond donors (Lipinski definition) is 2. The molecule has 0 unspecified atom stereocenters. The van der Waals surface area contributed by atoms with Crippen molar-refractivity contribution in [1.82, 2.24) is 10.2 Å². The molecule has 1 aliphatic rings. The summed E-state index contributed by atoms with van der Waals surface area (Å²) in [7, 11) is 0. The van der Waals surface area contributed by atoms with Gasteiger partial charge in [-0.15, -0.1) is 0 Å². The van der Waals surface area contributed by atoms with Crippen molar-refractivity contribution in [2.24, 2.45) is 0 Å². The van der Waals surface area contributed by atoms with Gasteiger partial charge in [0.15, 0.2) is 0 Å². The number of carbonyl (C=O) groups excluding carboxylic acids is 2. The molecule has 0 aromatic heterocycles. The Kier molecular flexibility index (Phi) is 5.16. The maximum atomic E-state index is 11.8. The van der Waals surface area contributed by atoms with E-state index in [4.69, 9.17) is 11.6 Å². The number of likely N-dealkylation sites (tertiary alicyclic amines) is 1. The number of nitro benzene ring substituents is 1. The Hall–Kier alpha value is -2.35. The van der Waals surface area contributed by atoms with Crippen LogP contribution in [0, 0.1) is 10.1 Å². The van der Waals surface area contributed by atoms with Crippen LogP contribution >= 0.6 is 11.6 Å². The number of urea groups is 1. The van der Waals surface area contributed by atoms with Crippen LogP contribution in [0.4, 0.5) is 16.2 Å². The minimum absolute atomic E-state index is 0.0137. The number of nitro groups is 1. The van der Waals surface area contributed by atoms with E-state index in [1.54, 1.807) is 4.90 Å². The van der Waals surface area contributed by atoms with Gasteiger partial charge in [-0.2, -0.15) is 0 Å². The van der Waals surface area contributed by atoms with Crippen LogP contribution in [0.3, 0.4) is 0 Å². The van der Waals surface area contributed by atoms with Gasteiger partial charge in [-0.3, -0.25) is 14.9 Å². The Bertz CT molecular complexity index is 602. The van der Waals surface area contributed by atoms with Crippen LogP contribution in [0.5, 0.6) is 0 Å². The van der Waals surface area contributed by atoms with Gasteiger partial charge in [-0.1, -0.05) is 11.6 Å². The lowest BCUT2D eigenvalue weighted by atomic mass is 10.3. The molecule has 1 aromatic rings. The number of hydrogen-bond acceptors (Lipinski definition) is 4. The van der Waals surface area contributed by atoms with Crippen LogP contribution in [0.1, 0.15) is 12.8 Å². The normalized spacial score (nSPS) is 13.8. The van der Waals surface area contributed by atoms with Crippen molar-refractivity contribution in [2.45, 2.75) is 12.8 Å². The smallest absolute Gasteiger partial charge is 0.319 e. The molecule has 2 rings (SSSR count). The summed E-state index contributed by atoms with van der Waals surface area (Å²) in [6, 6.07) is 3.32. The second kappa shape index (κ2) is 7.08. The van der Waals surface area contributed by atoms with Gasteiger partial charge < -0.3 is 15.5 Å². The lowest BCUT2D eigenvalue weighted by Crippen LogP contribution is -2.40. The third-order valence-corrected chi connectivity index (χ3v) is 3.58. The van der Waals surface area contributed by atoms with Crippen LogP contribution in [-0.2, 0) is 4.79 Å². The monoisotopic (exact) mass is 326 g/mol. The molecule has 1 saturated heterocycles. The minimum atomic E-state index is -0.637. The van der Waals surface area contributed by atoms with Crippen LogP contribution < -0.4 is 10.6 Å². The lowest BCUT2D eigenvalue weighted by molar-refractivity contribution is -0.384. The summed E-state index contributed by atoms with van der Waals surface area (Å²) < 4.78 is 0. The molecule has 1 fully saturated rings. The van der Waals surface area contributed by atoms with E-state index in [-0.39, 0.29) is 28.8 Å². The first-order chi connectivity index (χ1) is 10.5. The molecule has 1 aliphatic heterocycles. The fraction of sp³-hybridized carbons (Fsp3) is 0.385. The Morgan fingerprint density at radius 3 is 2.64 bits per heavy atom. The molecule has 3 amide bonds. The quantitative estimate of drug-likeness (QED) is 0.652. The first-order valence-electron chi connectivity index (χ1n) is 6.74. The van der Waals surface area contributed by atoms with Crippen molar-refractivity contribution in [2.75, 3.05) is 25.0 Å². The average molecular weight is 327 g/mol. The molecule has 118 valence electrons. The van der Waals surface area contributed by atoms with Gasteiger partial charge in [0.1, 0.15) is 5.02 Å². The number of nitrogens with zero attached hydrogens (tertiary/aromatic N) is 2. The predicted octanol–water partition coefficient (Wildman–Crippen LogP) is 1.99. The molecule has 1 aromatic carbocycles. The highest BCUT2D eigenvalue weighted by Crippen LogP contribution is 2.27. The number of nitrogens with one attached hydrogen (secondary N) is 2. The standard InChI is InChI=1S/C13H15ClN4O4/c14-10-4-3-9(7-11(10)18(21)22)16-13(20)15-8-12(19)17-5-1-2-6-17/h3-4,7H,1-2,5-6,8H2,(H2,15,16,20). The first kappa shape index (κ1) is 16.0. The van der Waals surface area contributed by atoms with Gasteiger partial charge in [-0.05, 0) is 25.0 Å². The maximum absolute atomic E-state index is 11.8. The maximum Gasteiger partial charge on any atom is 0.319 e. The van der Waals surface area contributed by atoms with E-state index in [9.17, 15) is 19.7 Å². The van der Waals surface area contributed by atoms with Crippen molar-refractivity contribution < 1.29 is 14.5 Å². The first-order valence-corrected chi connectivity index (χ1v) is 7.12. The summed E-state index contributed by atoms with van der Waals surface area (Å²) in [6.07, 6.45) is 1.96. The van der Waals surface area contributed by atoms with Crippen molar-refractivity contribution in [3.63, 3.8) is 0 Å². The number of anilines is 1. The van der Waals surface area contributed by atoms with Crippen LogP contribution in [0.15, 0.2) is 18.2 Å². The predicted molar refractivity (Wildman–Crippen MR) is 80.9 cm³/mol. The van der Waals surface area contributed by atoms with E-state index in [1.807, 2.05) is 0 Å². The second-order valence-corrected chi connectivity index (χ2v) is 5.23. The van der Waals surface area contributed by atoms with Crippen molar-refractivity contribution in [1.29, 1.82) is 0 Å². The molecule has 22 heavy (non-hydrogen) atoms. The van der Waals surface area contributed by atoms with E-state index in [1.165, 1.54) is 12.1 Å². The molecule has 0 atom stereocenters. The van der Waals surface area contributed by atoms with Crippen molar-refractivity contribution in [3.8, 4) is 0 Å². The molecule has 2 N–H and O–H groups in total. The number of carbonyl (C=O) groups is 2. The highest BCUT2D eigenvalue weighted by molar-refractivity contribution is 6.32. The van der Waals surface area contributed by atoms with Gasteiger partial charge in [-0.25, -0.2) is 4.79 Å². The molecule has 8 nitrogen and oxygen atoms in total. The zero-order valence-corrected chi connectivity index (χ0v) is 12.4. The third kappa shape index (κ3) is 4.08. The number of rotatable bonds is 4. The van der Waals surface area contributed by atoms with E-state index in [0.29, 0.717) is 13.1 Å². The molecule has 0 aliphatic carbocycles. The topological polar surface area (TPSA) is 105 Å². The van der Waals surface area contributed by atoms with E-state index < -0.39 is 11.0 Å². The zero-order valence-electron chi connectivity index (χ0n) is 11.7. The molecular formula is C13H15ClN4O4. The average Bonchev–Trinajstić information content (AvgIpc) is 3.01. The molecule has 0 spiro atoms. The molecule has 1 heterocycles. The summed E-state index contributed by atoms with van der Waals surface area (Å²) in [5.74, 6) is -0.144. The van der Waals surface area contributed by atoms with Gasteiger partial charge >= 0.3 is 6.03 Å². The van der Waals surface area contributed by atoms with Crippen LogP contribution in [-0.4, -0.2) is 41.4 Å². The molecule has 0 bridgehead atoms. The molecule has 0 radical (unpaired) electrons. The van der Waals surface area contributed by atoms with Gasteiger partial charge in [0.2, 0.25) is 5.91 Å². The van der Waals surface area contributed by atoms with Crippen LogP contribution in [0.25, 0.3) is 0 Å². The van der Waals surface area contributed by atoms with E-state index in [0.717, 1.165) is 18.9 Å². The molecular weight excluding hydrogens is 312 g/mol. The largest absolute Gasteiger partial charge is 0.341 e. The fourth-order valence-electron chi connectivity index (χ4n) is 2.14. The Balaban J connectivity index is 1.87. The van der Waals surface area contributed by atoms with E-state index in [2.05, 4.69) is 10.6 Å². The lowest BCUT2D eigenvalue weighted by Gasteiger charge is -2.15. The summed E-state index contributed by atoms with van der Waals surface area (Å²) >= 11 is 5.68. The third-order valence-electron chi connectivity index (χ3n) is 3.26. The number of halogens is 1. The summed E-state index contributed by atoms with van der Waals surface area (Å²) in [6.45, 7) is 1.32. The Morgan fingerprint density at radius 1 is 1.32 bits per heavy atom. The van der Waals surface area contributed by atoms with Gasteiger partial charge in [0, 0.05) is 24.8 Å². The van der Waals surface area contributed by atoms with Crippen molar-refractivity contribution in [3.05, 3.63) is 33.3 Å². The number of amides is 3. The zero-order chi connectivity index (χ0) is 16.1. The van der Waals surface area contributed by atoms with Gasteiger partial charge in [0.05, 0.1) is 11.5 Å².